The summed E-state index contributed by atoms with van der Waals surface area (Å²) < 4.78 is 18.4. The Kier molecular flexibility index (Phi) is 4.23. The maximum atomic E-state index is 13.2. The van der Waals surface area contributed by atoms with E-state index in [4.69, 9.17) is 10.5 Å². The molecule has 0 spiro atoms. The molecule has 0 fully saturated rings. The second-order valence-corrected chi connectivity index (χ2v) is 3.25. The molecule has 0 radical (unpaired) electrons. The molecule has 0 heterocycles. The van der Waals surface area contributed by atoms with Crippen molar-refractivity contribution in [3.63, 3.8) is 0 Å². The smallest absolute Gasteiger partial charge is 0.167 e. The van der Waals surface area contributed by atoms with E-state index in [1.165, 1.54) is 6.07 Å². The molecule has 78 valence electrons. The van der Waals surface area contributed by atoms with Crippen molar-refractivity contribution in [2.24, 2.45) is 0 Å². The van der Waals surface area contributed by atoms with Gasteiger partial charge in [-0.1, -0.05) is 19.8 Å². The van der Waals surface area contributed by atoms with Gasteiger partial charge in [-0.2, -0.15) is 0 Å². The fourth-order valence-electron chi connectivity index (χ4n) is 1.17. The SMILES string of the molecule is CCCCCOc1ccc(N)cc1F. The van der Waals surface area contributed by atoms with Crippen LogP contribution < -0.4 is 10.5 Å². The highest BCUT2D eigenvalue weighted by Crippen LogP contribution is 2.19. The van der Waals surface area contributed by atoms with Gasteiger partial charge in [0.05, 0.1) is 6.61 Å². The predicted molar refractivity (Wildman–Crippen MR) is 55.8 cm³/mol. The van der Waals surface area contributed by atoms with Crippen LogP contribution >= 0.6 is 0 Å². The summed E-state index contributed by atoms with van der Waals surface area (Å²) in [7, 11) is 0. The van der Waals surface area contributed by atoms with Crippen molar-refractivity contribution >= 4 is 5.69 Å². The maximum Gasteiger partial charge on any atom is 0.167 e. The van der Waals surface area contributed by atoms with E-state index in [1.807, 2.05) is 0 Å². The fourth-order valence-corrected chi connectivity index (χ4v) is 1.17. The van der Waals surface area contributed by atoms with Crippen molar-refractivity contribution in [1.29, 1.82) is 0 Å². The summed E-state index contributed by atoms with van der Waals surface area (Å²) in [5.41, 5.74) is 5.83. The van der Waals surface area contributed by atoms with Crippen LogP contribution in [-0.2, 0) is 0 Å². The lowest BCUT2D eigenvalue weighted by Crippen LogP contribution is -1.99. The molecule has 0 saturated heterocycles. The second-order valence-electron chi connectivity index (χ2n) is 3.25. The van der Waals surface area contributed by atoms with E-state index in [0.717, 1.165) is 19.3 Å². The van der Waals surface area contributed by atoms with Crippen LogP contribution in [0, 0.1) is 5.82 Å². The fraction of sp³-hybridized carbons (Fsp3) is 0.455. The minimum Gasteiger partial charge on any atom is -0.491 e. The standard InChI is InChI=1S/C11H16FNO/c1-2-3-4-7-14-11-6-5-9(13)8-10(11)12/h5-6,8H,2-4,7,13H2,1H3. The van der Waals surface area contributed by atoms with E-state index in [1.54, 1.807) is 12.1 Å². The first-order chi connectivity index (χ1) is 6.74. The van der Waals surface area contributed by atoms with Gasteiger partial charge < -0.3 is 10.5 Å². The molecule has 0 bridgehead atoms. The molecule has 0 aliphatic carbocycles. The molecule has 1 aromatic rings. The molecule has 0 aliphatic rings. The molecule has 0 aliphatic heterocycles. The number of unbranched alkanes of at least 4 members (excludes halogenated alkanes) is 2. The van der Waals surface area contributed by atoms with Gasteiger partial charge in [0.15, 0.2) is 11.6 Å². The normalized spacial score (nSPS) is 10.1. The van der Waals surface area contributed by atoms with Crippen molar-refractivity contribution in [2.45, 2.75) is 26.2 Å². The average Bonchev–Trinajstić information content (AvgIpc) is 2.15. The van der Waals surface area contributed by atoms with Gasteiger partial charge in [-0.05, 0) is 18.6 Å². The molecular weight excluding hydrogens is 181 g/mol. The van der Waals surface area contributed by atoms with Gasteiger partial charge in [0.2, 0.25) is 0 Å². The van der Waals surface area contributed by atoms with Crippen LogP contribution in [0.25, 0.3) is 0 Å². The van der Waals surface area contributed by atoms with Gasteiger partial charge >= 0.3 is 0 Å². The molecule has 1 rings (SSSR count). The van der Waals surface area contributed by atoms with Crippen molar-refractivity contribution in [3.8, 4) is 5.75 Å². The second kappa shape index (κ2) is 5.47. The molecule has 0 saturated carbocycles. The van der Waals surface area contributed by atoms with Crippen LogP contribution in [0.5, 0.6) is 5.75 Å². The summed E-state index contributed by atoms with van der Waals surface area (Å²) in [6.07, 6.45) is 3.20. The molecule has 0 unspecified atom stereocenters. The Balaban J connectivity index is 2.42. The van der Waals surface area contributed by atoms with Gasteiger partial charge in [-0.3, -0.25) is 0 Å². The molecule has 1 aromatic carbocycles. The summed E-state index contributed by atoms with van der Waals surface area (Å²) in [5.74, 6) is -0.100. The zero-order valence-electron chi connectivity index (χ0n) is 8.42. The van der Waals surface area contributed by atoms with E-state index in [-0.39, 0.29) is 11.6 Å². The van der Waals surface area contributed by atoms with E-state index in [9.17, 15) is 4.39 Å². The Bertz CT molecular complexity index is 289. The van der Waals surface area contributed by atoms with E-state index >= 15 is 0 Å². The Morgan fingerprint density at radius 1 is 1.36 bits per heavy atom. The first-order valence-corrected chi connectivity index (χ1v) is 4.92. The van der Waals surface area contributed by atoms with Crippen molar-refractivity contribution in [2.75, 3.05) is 12.3 Å². The molecule has 0 amide bonds. The topological polar surface area (TPSA) is 35.2 Å². The number of anilines is 1. The monoisotopic (exact) mass is 197 g/mol. The minimum absolute atomic E-state index is 0.287. The number of nitrogen functional groups attached to an aromatic ring is 1. The average molecular weight is 197 g/mol. The lowest BCUT2D eigenvalue weighted by Gasteiger charge is -2.06. The summed E-state index contributed by atoms with van der Waals surface area (Å²) in [5, 5.41) is 0. The Morgan fingerprint density at radius 2 is 2.14 bits per heavy atom. The quantitative estimate of drug-likeness (QED) is 0.581. The number of ether oxygens (including phenoxy) is 1. The minimum atomic E-state index is -0.388. The molecule has 3 heteroatoms. The van der Waals surface area contributed by atoms with Gasteiger partial charge in [0.1, 0.15) is 0 Å². The largest absolute Gasteiger partial charge is 0.491 e. The lowest BCUT2D eigenvalue weighted by molar-refractivity contribution is 0.291. The number of nitrogens with two attached hydrogens (primary N) is 1. The van der Waals surface area contributed by atoms with Gasteiger partial charge in [0.25, 0.3) is 0 Å². The molecule has 0 aromatic heterocycles. The highest BCUT2D eigenvalue weighted by molar-refractivity contribution is 5.42. The van der Waals surface area contributed by atoms with Crippen LogP contribution in [0.3, 0.4) is 0 Å². The van der Waals surface area contributed by atoms with E-state index < -0.39 is 0 Å². The number of halogens is 1. The number of hydrogen-bond acceptors (Lipinski definition) is 2. The predicted octanol–water partition coefficient (Wildman–Crippen LogP) is 2.98. The number of rotatable bonds is 5. The highest BCUT2D eigenvalue weighted by Gasteiger charge is 2.02. The van der Waals surface area contributed by atoms with Crippen molar-refractivity contribution in [3.05, 3.63) is 24.0 Å². The van der Waals surface area contributed by atoms with Crippen molar-refractivity contribution < 1.29 is 9.13 Å². The molecule has 2 N–H and O–H groups in total. The number of hydrogen-bond donors (Lipinski definition) is 1. The summed E-state index contributed by atoms with van der Waals surface area (Å²) in [6, 6.07) is 4.48. The third-order valence-electron chi connectivity index (χ3n) is 1.96. The van der Waals surface area contributed by atoms with Crippen LogP contribution in [0.4, 0.5) is 10.1 Å². The molecular formula is C11H16FNO. The van der Waals surface area contributed by atoms with E-state index in [2.05, 4.69) is 6.92 Å². The van der Waals surface area contributed by atoms with E-state index in [0.29, 0.717) is 12.3 Å². The first-order valence-electron chi connectivity index (χ1n) is 4.92. The molecule has 0 atom stereocenters. The van der Waals surface area contributed by atoms with Gasteiger partial charge in [-0.25, -0.2) is 4.39 Å². The number of benzene rings is 1. The summed E-state index contributed by atoms with van der Waals surface area (Å²) in [6.45, 7) is 2.68. The zero-order chi connectivity index (χ0) is 10.4. The third-order valence-corrected chi connectivity index (χ3v) is 1.96. The Hall–Kier alpha value is -1.25. The van der Waals surface area contributed by atoms with Crippen LogP contribution in [0.15, 0.2) is 18.2 Å². The molecule has 2 nitrogen and oxygen atoms in total. The van der Waals surface area contributed by atoms with Gasteiger partial charge in [0, 0.05) is 11.8 Å². The maximum absolute atomic E-state index is 13.2. The zero-order valence-corrected chi connectivity index (χ0v) is 8.42. The highest BCUT2D eigenvalue weighted by atomic mass is 19.1. The molecule has 14 heavy (non-hydrogen) atoms. The first kappa shape index (κ1) is 10.8. The summed E-state index contributed by atoms with van der Waals surface area (Å²) >= 11 is 0. The Labute approximate surface area is 83.9 Å². The van der Waals surface area contributed by atoms with Crippen LogP contribution in [0.2, 0.25) is 0 Å². The Morgan fingerprint density at radius 3 is 2.79 bits per heavy atom. The third kappa shape index (κ3) is 3.24. The lowest BCUT2D eigenvalue weighted by atomic mass is 10.2. The van der Waals surface area contributed by atoms with Crippen molar-refractivity contribution in [1.82, 2.24) is 0 Å². The van der Waals surface area contributed by atoms with Crippen LogP contribution in [-0.4, -0.2) is 6.61 Å². The van der Waals surface area contributed by atoms with Gasteiger partial charge in [-0.15, -0.1) is 0 Å². The summed E-state index contributed by atoms with van der Waals surface area (Å²) in [4.78, 5) is 0. The van der Waals surface area contributed by atoms with Crippen LogP contribution in [0.1, 0.15) is 26.2 Å².